The van der Waals surface area contributed by atoms with E-state index in [9.17, 15) is 9.59 Å². The molecule has 0 aliphatic heterocycles. The molecule has 184 valence electrons. The third-order valence-electron chi connectivity index (χ3n) is 9.52. The van der Waals surface area contributed by atoms with Crippen LogP contribution in [-0.2, 0) is 14.3 Å². The first-order valence-electron chi connectivity index (χ1n) is 14.2. The van der Waals surface area contributed by atoms with Crippen LogP contribution in [0.15, 0.2) is 0 Å². The van der Waals surface area contributed by atoms with Gasteiger partial charge in [0.15, 0.2) is 0 Å². The first kappa shape index (κ1) is 25.8. The van der Waals surface area contributed by atoms with Crippen LogP contribution in [0.5, 0.6) is 0 Å². The maximum Gasteiger partial charge on any atom is 0.319 e. The fraction of sp³-hybridized carbons (Fsp3) is 0.931. The molecule has 0 N–H and O–H groups in total. The molecule has 3 nitrogen and oxygen atoms in total. The van der Waals surface area contributed by atoms with Crippen LogP contribution < -0.4 is 0 Å². The van der Waals surface area contributed by atoms with E-state index < -0.39 is 5.41 Å². The summed E-state index contributed by atoms with van der Waals surface area (Å²) in [5.41, 5.74) is -0.892. The molecule has 0 amide bonds. The van der Waals surface area contributed by atoms with Gasteiger partial charge in [0.25, 0.3) is 0 Å². The fourth-order valence-electron chi connectivity index (χ4n) is 6.98. The van der Waals surface area contributed by atoms with Crippen LogP contribution in [0.3, 0.4) is 0 Å². The molecule has 0 aromatic rings. The number of Topliss-reactive ketones (excluding diaryl/α,β-unsaturated/α-hetero) is 1. The van der Waals surface area contributed by atoms with Crippen molar-refractivity contribution in [3.8, 4) is 0 Å². The molecule has 0 aromatic carbocycles. The lowest BCUT2D eigenvalue weighted by Gasteiger charge is -2.42. The number of hydrogen-bond donors (Lipinski definition) is 0. The molecule has 0 unspecified atom stereocenters. The molecule has 0 heterocycles. The molecule has 0 saturated heterocycles. The minimum absolute atomic E-state index is 0.138. The lowest BCUT2D eigenvalue weighted by molar-refractivity contribution is -0.162. The fourth-order valence-corrected chi connectivity index (χ4v) is 6.98. The molecule has 3 rings (SSSR count). The van der Waals surface area contributed by atoms with Gasteiger partial charge in [-0.3, -0.25) is 9.59 Å². The summed E-state index contributed by atoms with van der Waals surface area (Å²) >= 11 is 0. The van der Waals surface area contributed by atoms with Crippen LogP contribution in [0.2, 0.25) is 0 Å². The second kappa shape index (κ2) is 12.6. The number of carbonyl (C=O) groups excluding carboxylic acids is 2. The molecule has 3 heteroatoms. The number of rotatable bonds is 10. The van der Waals surface area contributed by atoms with E-state index in [0.29, 0.717) is 31.3 Å². The largest absolute Gasteiger partial charge is 0.465 e. The number of ether oxygens (including phenoxy) is 1. The molecule has 32 heavy (non-hydrogen) atoms. The van der Waals surface area contributed by atoms with Gasteiger partial charge in [0.2, 0.25) is 0 Å². The Balaban J connectivity index is 1.39. The molecule has 2 atom stereocenters. The zero-order valence-electron chi connectivity index (χ0n) is 21.3. The highest BCUT2D eigenvalue weighted by molar-refractivity contribution is 6.04. The molecule has 3 aliphatic carbocycles. The Kier molecular flexibility index (Phi) is 10.1. The maximum atomic E-state index is 13.0. The number of ketones is 1. The van der Waals surface area contributed by atoms with Crippen LogP contribution in [0.1, 0.15) is 130 Å². The summed E-state index contributed by atoms with van der Waals surface area (Å²) in [6, 6.07) is 0. The third-order valence-corrected chi connectivity index (χ3v) is 9.52. The van der Waals surface area contributed by atoms with E-state index in [1.54, 1.807) is 0 Å². The van der Waals surface area contributed by atoms with Crippen molar-refractivity contribution in [1.29, 1.82) is 0 Å². The second-order valence-electron chi connectivity index (χ2n) is 11.7. The van der Waals surface area contributed by atoms with Crippen LogP contribution in [0.25, 0.3) is 0 Å². The molecular weight excluding hydrogens is 396 g/mol. The molecular formula is C29H50O3. The Bertz CT molecular complexity index is 583. The first-order chi connectivity index (χ1) is 15.5. The Morgan fingerprint density at radius 1 is 0.812 bits per heavy atom. The van der Waals surface area contributed by atoms with E-state index in [1.807, 2.05) is 6.92 Å². The summed E-state index contributed by atoms with van der Waals surface area (Å²) in [6.07, 6.45) is 21.0. The van der Waals surface area contributed by atoms with Crippen LogP contribution in [0.4, 0.5) is 0 Å². The van der Waals surface area contributed by atoms with Crippen LogP contribution in [0, 0.1) is 35.0 Å². The molecule has 3 fully saturated rings. The normalized spacial score (nSPS) is 36.1. The van der Waals surface area contributed by atoms with E-state index in [0.717, 1.165) is 37.0 Å². The van der Waals surface area contributed by atoms with Gasteiger partial charge >= 0.3 is 5.97 Å². The first-order valence-corrected chi connectivity index (χ1v) is 14.2. The van der Waals surface area contributed by atoms with E-state index in [2.05, 4.69) is 13.8 Å². The van der Waals surface area contributed by atoms with E-state index in [4.69, 9.17) is 4.74 Å². The molecule has 0 bridgehead atoms. The lowest BCUT2D eigenvalue weighted by atomic mass is 9.62. The van der Waals surface area contributed by atoms with Crippen LogP contribution in [-0.4, -0.2) is 18.4 Å². The number of unbranched alkanes of at least 4 members (excludes halogenated alkanes) is 3. The predicted octanol–water partition coefficient (Wildman–Crippen LogP) is 7.90. The summed E-state index contributed by atoms with van der Waals surface area (Å²) in [4.78, 5) is 25.5. The van der Waals surface area contributed by atoms with Gasteiger partial charge in [-0.05, 0) is 94.3 Å². The summed E-state index contributed by atoms with van der Waals surface area (Å²) in [5, 5.41) is 0. The Hall–Kier alpha value is -0.860. The summed E-state index contributed by atoms with van der Waals surface area (Å²) < 4.78 is 5.43. The highest BCUT2D eigenvalue weighted by atomic mass is 16.5. The van der Waals surface area contributed by atoms with E-state index in [-0.39, 0.29) is 11.8 Å². The van der Waals surface area contributed by atoms with E-state index in [1.165, 1.54) is 77.0 Å². The van der Waals surface area contributed by atoms with Gasteiger partial charge < -0.3 is 4.74 Å². The molecule has 0 aromatic heterocycles. The van der Waals surface area contributed by atoms with Crippen molar-refractivity contribution in [3.63, 3.8) is 0 Å². The Morgan fingerprint density at radius 3 is 1.94 bits per heavy atom. The maximum absolute atomic E-state index is 13.0. The van der Waals surface area contributed by atoms with Crippen molar-refractivity contribution in [2.24, 2.45) is 35.0 Å². The quantitative estimate of drug-likeness (QED) is 0.194. The van der Waals surface area contributed by atoms with Crippen LogP contribution >= 0.6 is 0 Å². The van der Waals surface area contributed by atoms with Gasteiger partial charge in [0, 0.05) is 6.42 Å². The zero-order valence-corrected chi connectivity index (χ0v) is 21.3. The van der Waals surface area contributed by atoms with Gasteiger partial charge in [-0.2, -0.15) is 0 Å². The van der Waals surface area contributed by atoms with Crippen molar-refractivity contribution >= 4 is 11.8 Å². The van der Waals surface area contributed by atoms with Gasteiger partial charge in [-0.25, -0.2) is 0 Å². The standard InChI is InChI=1S/C29H50O3/c1-4-6-8-9-22-10-12-23(13-11-22)24-14-16-25(17-15-24)26-18-19-29(3,27(30)21-26)28(31)32-20-7-5-2/h22-26H,4-21H2,1-3H3/t22-,23-,24?,25?,26-,29+/m1/s1. The van der Waals surface area contributed by atoms with Gasteiger partial charge in [0.05, 0.1) is 6.61 Å². The SMILES string of the molecule is CCCCC[C@H]1CC[C@H](C2CCC([C@@H]3CC[C@](C)(C(=O)OCCCC)C(=O)C3)CC2)CC1. The summed E-state index contributed by atoms with van der Waals surface area (Å²) in [6.45, 7) is 6.67. The highest BCUT2D eigenvalue weighted by Gasteiger charge is 2.47. The van der Waals surface area contributed by atoms with Crippen molar-refractivity contribution in [3.05, 3.63) is 0 Å². The predicted molar refractivity (Wildman–Crippen MR) is 131 cm³/mol. The van der Waals surface area contributed by atoms with Crippen molar-refractivity contribution in [2.45, 2.75) is 130 Å². The number of carbonyl (C=O) groups is 2. The number of esters is 1. The van der Waals surface area contributed by atoms with Crippen molar-refractivity contribution in [2.75, 3.05) is 6.61 Å². The minimum atomic E-state index is -0.892. The van der Waals surface area contributed by atoms with Gasteiger partial charge in [-0.15, -0.1) is 0 Å². The molecule has 3 saturated carbocycles. The molecule has 0 spiro atoms. The third kappa shape index (κ3) is 6.60. The zero-order chi connectivity index (χ0) is 23.0. The van der Waals surface area contributed by atoms with Gasteiger partial charge in [-0.1, -0.05) is 58.8 Å². The molecule has 0 radical (unpaired) electrons. The average molecular weight is 447 g/mol. The lowest BCUT2D eigenvalue weighted by Crippen LogP contribution is -2.44. The average Bonchev–Trinajstić information content (AvgIpc) is 2.82. The molecule has 3 aliphatic rings. The van der Waals surface area contributed by atoms with Crippen molar-refractivity contribution < 1.29 is 14.3 Å². The summed E-state index contributed by atoms with van der Waals surface area (Å²) in [7, 11) is 0. The number of hydrogen-bond acceptors (Lipinski definition) is 3. The Morgan fingerprint density at radius 2 is 1.38 bits per heavy atom. The van der Waals surface area contributed by atoms with E-state index >= 15 is 0 Å². The van der Waals surface area contributed by atoms with Crippen molar-refractivity contribution in [1.82, 2.24) is 0 Å². The smallest absolute Gasteiger partial charge is 0.319 e. The minimum Gasteiger partial charge on any atom is -0.465 e. The highest BCUT2D eigenvalue weighted by Crippen LogP contribution is 2.47. The summed E-state index contributed by atoms with van der Waals surface area (Å²) in [5.74, 6) is 3.96. The second-order valence-corrected chi connectivity index (χ2v) is 11.7. The van der Waals surface area contributed by atoms with Gasteiger partial charge in [0.1, 0.15) is 11.2 Å². The monoisotopic (exact) mass is 446 g/mol. The topological polar surface area (TPSA) is 43.4 Å². The Labute approximate surface area is 197 Å².